The highest BCUT2D eigenvalue weighted by atomic mass is 79.9. The van der Waals surface area contributed by atoms with Gasteiger partial charge < -0.3 is 10.1 Å². The molecular weight excluding hydrogens is 360 g/mol. The lowest BCUT2D eigenvalue weighted by Gasteiger charge is -2.11. The second-order valence-electron chi connectivity index (χ2n) is 4.24. The molecule has 0 unspecified atom stereocenters. The number of anilines is 1. The van der Waals surface area contributed by atoms with Crippen LogP contribution < -0.4 is 10.1 Å². The molecule has 2 aromatic rings. The zero-order chi connectivity index (χ0) is 15.4. The number of methoxy groups -OCH3 is 1. The highest BCUT2D eigenvalue weighted by molar-refractivity contribution is 9.10. The molecule has 5 nitrogen and oxygen atoms in total. The lowest BCUT2D eigenvalue weighted by Crippen LogP contribution is -2.02. The number of nitro groups is 1. The molecule has 0 spiro atoms. The van der Waals surface area contributed by atoms with Crippen LogP contribution in [0.1, 0.15) is 5.56 Å². The van der Waals surface area contributed by atoms with Gasteiger partial charge in [0.2, 0.25) is 0 Å². The van der Waals surface area contributed by atoms with Gasteiger partial charge in [0.15, 0.2) is 0 Å². The van der Waals surface area contributed by atoms with Gasteiger partial charge >= 0.3 is 0 Å². The molecule has 7 heteroatoms. The number of hydrogen-bond donors (Lipinski definition) is 1. The Balaban J connectivity index is 2.15. The number of nitrogens with zero attached hydrogens (tertiary/aromatic N) is 1. The van der Waals surface area contributed by atoms with Crippen LogP contribution in [-0.2, 0) is 6.54 Å². The molecule has 0 aromatic heterocycles. The summed E-state index contributed by atoms with van der Waals surface area (Å²) >= 11 is 9.37. The fraction of sp³-hybridized carbons (Fsp3) is 0.143. The molecular formula is C14H12BrClN2O3. The fourth-order valence-electron chi connectivity index (χ4n) is 1.79. The number of hydrogen-bond acceptors (Lipinski definition) is 4. The first kappa shape index (κ1) is 15.6. The Hall–Kier alpha value is -1.79. The van der Waals surface area contributed by atoms with Crippen molar-refractivity contribution < 1.29 is 9.66 Å². The normalized spacial score (nSPS) is 10.2. The third kappa shape index (κ3) is 3.86. The first-order valence-electron chi connectivity index (χ1n) is 6.01. The quantitative estimate of drug-likeness (QED) is 0.614. The van der Waals surface area contributed by atoms with E-state index < -0.39 is 4.92 Å². The number of non-ortho nitro benzene ring substituents is 1. The van der Waals surface area contributed by atoms with Gasteiger partial charge in [-0.25, -0.2) is 0 Å². The maximum absolute atomic E-state index is 10.7. The topological polar surface area (TPSA) is 64.4 Å². The van der Waals surface area contributed by atoms with Gasteiger partial charge in [-0.2, -0.15) is 0 Å². The van der Waals surface area contributed by atoms with Crippen LogP contribution >= 0.6 is 27.5 Å². The number of rotatable bonds is 5. The highest BCUT2D eigenvalue weighted by Gasteiger charge is 2.11. The smallest absolute Gasteiger partial charge is 0.273 e. The standard InChI is InChI=1S/C14H12BrClN2O3/c1-21-14-7-10(18(19)20)3-5-13(14)17-8-9-2-4-11(15)12(16)6-9/h2-7,17H,8H2,1H3. The second kappa shape index (κ2) is 6.78. The molecule has 0 aliphatic rings. The molecule has 0 bridgehead atoms. The van der Waals surface area contributed by atoms with Crippen LogP contribution in [0.15, 0.2) is 40.9 Å². The summed E-state index contributed by atoms with van der Waals surface area (Å²) in [5.41, 5.74) is 1.66. The van der Waals surface area contributed by atoms with E-state index in [2.05, 4.69) is 21.2 Å². The molecule has 110 valence electrons. The van der Waals surface area contributed by atoms with E-state index in [1.807, 2.05) is 18.2 Å². The maximum atomic E-state index is 10.7. The Morgan fingerprint density at radius 2 is 2.10 bits per heavy atom. The number of ether oxygens (including phenoxy) is 1. The molecule has 0 fully saturated rings. The summed E-state index contributed by atoms with van der Waals surface area (Å²) in [4.78, 5) is 10.3. The summed E-state index contributed by atoms with van der Waals surface area (Å²) < 4.78 is 6.00. The van der Waals surface area contributed by atoms with E-state index in [0.717, 1.165) is 10.0 Å². The predicted octanol–water partition coefficient (Wildman–Crippen LogP) is 4.63. The minimum atomic E-state index is -0.458. The van der Waals surface area contributed by atoms with Gasteiger partial charge in [-0.1, -0.05) is 17.7 Å². The van der Waals surface area contributed by atoms with Gasteiger partial charge in [-0.15, -0.1) is 0 Å². The Morgan fingerprint density at radius 3 is 2.71 bits per heavy atom. The van der Waals surface area contributed by atoms with Gasteiger partial charge in [0.05, 0.1) is 28.8 Å². The van der Waals surface area contributed by atoms with Crippen LogP contribution in [0.3, 0.4) is 0 Å². The average Bonchev–Trinajstić information content (AvgIpc) is 2.48. The Kier molecular flexibility index (Phi) is 5.03. The summed E-state index contributed by atoms with van der Waals surface area (Å²) in [6.07, 6.45) is 0. The molecule has 0 aliphatic carbocycles. The number of nitrogens with one attached hydrogen (secondary N) is 1. The van der Waals surface area contributed by atoms with E-state index in [1.165, 1.54) is 19.2 Å². The van der Waals surface area contributed by atoms with Gasteiger partial charge in [-0.3, -0.25) is 10.1 Å². The molecule has 0 saturated carbocycles. The van der Waals surface area contributed by atoms with Crippen LogP contribution in [0.2, 0.25) is 5.02 Å². The molecule has 0 radical (unpaired) electrons. The van der Waals surface area contributed by atoms with Crippen molar-refractivity contribution in [3.05, 3.63) is 61.6 Å². The van der Waals surface area contributed by atoms with Crippen molar-refractivity contribution in [3.63, 3.8) is 0 Å². The molecule has 2 aromatic carbocycles. The van der Waals surface area contributed by atoms with Crippen LogP contribution in [-0.4, -0.2) is 12.0 Å². The fourth-order valence-corrected chi connectivity index (χ4v) is 2.24. The highest BCUT2D eigenvalue weighted by Crippen LogP contribution is 2.30. The lowest BCUT2D eigenvalue weighted by atomic mass is 10.2. The summed E-state index contributed by atoms with van der Waals surface area (Å²) in [6, 6.07) is 10.1. The molecule has 0 aliphatic heterocycles. The monoisotopic (exact) mass is 370 g/mol. The van der Waals surface area contributed by atoms with Crippen LogP contribution in [0, 0.1) is 10.1 Å². The maximum Gasteiger partial charge on any atom is 0.273 e. The van der Waals surface area contributed by atoms with E-state index in [1.54, 1.807) is 6.07 Å². The van der Waals surface area contributed by atoms with E-state index in [0.29, 0.717) is 23.0 Å². The third-order valence-electron chi connectivity index (χ3n) is 2.86. The van der Waals surface area contributed by atoms with Crippen LogP contribution in [0.4, 0.5) is 11.4 Å². The van der Waals surface area contributed by atoms with Gasteiger partial charge in [0.25, 0.3) is 5.69 Å². The molecule has 2 rings (SSSR count). The molecule has 0 amide bonds. The minimum Gasteiger partial charge on any atom is -0.494 e. The first-order chi connectivity index (χ1) is 10.0. The number of benzene rings is 2. The van der Waals surface area contributed by atoms with Crippen molar-refractivity contribution in [2.75, 3.05) is 12.4 Å². The zero-order valence-corrected chi connectivity index (χ0v) is 13.4. The van der Waals surface area contributed by atoms with Crippen molar-refractivity contribution in [2.24, 2.45) is 0 Å². The van der Waals surface area contributed by atoms with Gasteiger partial charge in [-0.05, 0) is 39.7 Å². The average molecular weight is 372 g/mol. The van der Waals surface area contributed by atoms with E-state index >= 15 is 0 Å². The van der Waals surface area contributed by atoms with Crippen molar-refractivity contribution >= 4 is 38.9 Å². The Morgan fingerprint density at radius 1 is 1.33 bits per heavy atom. The predicted molar refractivity (Wildman–Crippen MR) is 86.1 cm³/mol. The van der Waals surface area contributed by atoms with Crippen molar-refractivity contribution in [1.29, 1.82) is 0 Å². The van der Waals surface area contributed by atoms with Crippen LogP contribution in [0.5, 0.6) is 5.75 Å². The molecule has 0 saturated heterocycles. The molecule has 21 heavy (non-hydrogen) atoms. The second-order valence-corrected chi connectivity index (χ2v) is 5.51. The minimum absolute atomic E-state index is 0.0101. The summed E-state index contributed by atoms with van der Waals surface area (Å²) in [7, 11) is 1.47. The largest absolute Gasteiger partial charge is 0.494 e. The first-order valence-corrected chi connectivity index (χ1v) is 7.18. The summed E-state index contributed by atoms with van der Waals surface area (Å²) in [5.74, 6) is 0.424. The Bertz CT molecular complexity index is 679. The molecule has 0 heterocycles. The summed E-state index contributed by atoms with van der Waals surface area (Å²) in [6.45, 7) is 0.529. The van der Waals surface area contributed by atoms with Gasteiger partial charge in [0, 0.05) is 17.1 Å². The third-order valence-corrected chi connectivity index (χ3v) is 4.10. The Labute approximate surface area is 135 Å². The van der Waals surface area contributed by atoms with Crippen molar-refractivity contribution in [3.8, 4) is 5.75 Å². The zero-order valence-electron chi connectivity index (χ0n) is 11.1. The number of nitro benzene ring substituents is 1. The lowest BCUT2D eigenvalue weighted by molar-refractivity contribution is -0.384. The summed E-state index contributed by atoms with van der Waals surface area (Å²) in [5, 5.41) is 14.5. The van der Waals surface area contributed by atoms with E-state index in [4.69, 9.17) is 16.3 Å². The molecule has 0 atom stereocenters. The van der Waals surface area contributed by atoms with E-state index in [9.17, 15) is 10.1 Å². The van der Waals surface area contributed by atoms with Crippen LogP contribution in [0.25, 0.3) is 0 Å². The van der Waals surface area contributed by atoms with Crippen molar-refractivity contribution in [2.45, 2.75) is 6.54 Å². The SMILES string of the molecule is COc1cc([N+](=O)[O-])ccc1NCc1ccc(Br)c(Cl)c1. The van der Waals surface area contributed by atoms with Gasteiger partial charge in [0.1, 0.15) is 5.75 Å². The molecule has 1 N–H and O–H groups in total. The number of halogens is 2. The van der Waals surface area contributed by atoms with Crippen molar-refractivity contribution in [1.82, 2.24) is 0 Å². The van der Waals surface area contributed by atoms with E-state index in [-0.39, 0.29) is 5.69 Å².